The van der Waals surface area contributed by atoms with E-state index in [1.54, 1.807) is 13.8 Å². The van der Waals surface area contributed by atoms with Gasteiger partial charge in [0.2, 0.25) is 0 Å². The van der Waals surface area contributed by atoms with Crippen molar-refractivity contribution in [2.45, 2.75) is 50.8 Å². The molecule has 7 nitrogen and oxygen atoms in total. The largest absolute Gasteiger partial charge is 0.463 e. The Bertz CT molecular complexity index is 353. The number of hydrogen-bond donors (Lipinski definition) is 4. The SMILES string of the molecule is CCOC(=O)C=C(C)C[C@@H]1O[C@H](CO)[C@H](O)[C@H](O)[C@H]1O. The Hall–Kier alpha value is -0.990. The van der Waals surface area contributed by atoms with Crippen LogP contribution in [0.3, 0.4) is 0 Å². The molecule has 7 heteroatoms. The molecule has 0 radical (unpaired) electrons. The Kier molecular flexibility index (Phi) is 6.57. The summed E-state index contributed by atoms with van der Waals surface area (Å²) in [4.78, 5) is 11.3. The summed E-state index contributed by atoms with van der Waals surface area (Å²) in [6.07, 6.45) is -4.35. The molecule has 1 heterocycles. The molecule has 0 bridgehead atoms. The van der Waals surface area contributed by atoms with Gasteiger partial charge in [-0.1, -0.05) is 5.57 Å². The summed E-state index contributed by atoms with van der Waals surface area (Å²) >= 11 is 0. The molecule has 116 valence electrons. The molecule has 1 aliphatic heterocycles. The van der Waals surface area contributed by atoms with Gasteiger partial charge in [0, 0.05) is 6.08 Å². The van der Waals surface area contributed by atoms with E-state index in [0.29, 0.717) is 5.57 Å². The van der Waals surface area contributed by atoms with Crippen molar-refractivity contribution in [2.24, 2.45) is 0 Å². The molecule has 0 aromatic carbocycles. The summed E-state index contributed by atoms with van der Waals surface area (Å²) < 4.78 is 10.1. The molecular weight excluding hydrogens is 268 g/mol. The highest BCUT2D eigenvalue weighted by Gasteiger charge is 2.43. The zero-order valence-electron chi connectivity index (χ0n) is 11.6. The standard InChI is InChI=1S/C13H22O7/c1-3-19-10(15)5-7(2)4-8-11(16)13(18)12(17)9(6-14)20-8/h5,8-9,11-14,16-18H,3-4,6H2,1-2H3/t8-,9+,11-,12-,13+/m0/s1. The number of aliphatic hydroxyl groups is 4. The molecule has 1 aliphatic rings. The lowest BCUT2D eigenvalue weighted by Crippen LogP contribution is -2.58. The number of hydrogen-bond acceptors (Lipinski definition) is 7. The van der Waals surface area contributed by atoms with Gasteiger partial charge in [-0.05, 0) is 20.3 Å². The third-order valence-electron chi connectivity index (χ3n) is 3.17. The van der Waals surface area contributed by atoms with Crippen LogP contribution in [0.1, 0.15) is 20.3 Å². The van der Waals surface area contributed by atoms with Crippen LogP contribution in [0.4, 0.5) is 0 Å². The van der Waals surface area contributed by atoms with E-state index in [4.69, 9.17) is 14.6 Å². The predicted octanol–water partition coefficient (Wildman–Crippen LogP) is -1.27. The van der Waals surface area contributed by atoms with Crippen LogP contribution in [0.25, 0.3) is 0 Å². The summed E-state index contributed by atoms with van der Waals surface area (Å²) in [5, 5.41) is 38.2. The van der Waals surface area contributed by atoms with Crippen molar-refractivity contribution in [3.63, 3.8) is 0 Å². The molecule has 1 rings (SSSR count). The van der Waals surface area contributed by atoms with Crippen LogP contribution in [0.15, 0.2) is 11.6 Å². The molecule has 0 spiro atoms. The average Bonchev–Trinajstić information content (AvgIpc) is 2.39. The van der Waals surface area contributed by atoms with E-state index in [-0.39, 0.29) is 13.0 Å². The number of carbonyl (C=O) groups is 1. The fraction of sp³-hybridized carbons (Fsp3) is 0.769. The fourth-order valence-corrected chi connectivity index (χ4v) is 2.11. The molecule has 0 aliphatic carbocycles. The molecule has 0 amide bonds. The lowest BCUT2D eigenvalue weighted by Gasteiger charge is -2.40. The minimum Gasteiger partial charge on any atom is -0.463 e. The lowest BCUT2D eigenvalue weighted by molar-refractivity contribution is -0.228. The Morgan fingerprint density at radius 3 is 2.35 bits per heavy atom. The van der Waals surface area contributed by atoms with E-state index in [0.717, 1.165) is 0 Å². The van der Waals surface area contributed by atoms with Crippen molar-refractivity contribution in [1.82, 2.24) is 0 Å². The number of aliphatic hydroxyl groups excluding tert-OH is 4. The van der Waals surface area contributed by atoms with Gasteiger partial charge in [0.05, 0.1) is 19.3 Å². The quantitative estimate of drug-likeness (QED) is 0.368. The highest BCUT2D eigenvalue weighted by Crippen LogP contribution is 2.25. The molecule has 1 saturated heterocycles. The molecule has 4 N–H and O–H groups in total. The maximum absolute atomic E-state index is 11.3. The zero-order chi connectivity index (χ0) is 15.3. The van der Waals surface area contributed by atoms with E-state index >= 15 is 0 Å². The monoisotopic (exact) mass is 290 g/mol. The lowest BCUT2D eigenvalue weighted by atomic mass is 9.92. The molecule has 1 fully saturated rings. The predicted molar refractivity (Wildman–Crippen MR) is 68.8 cm³/mol. The minimum absolute atomic E-state index is 0.181. The molecule has 20 heavy (non-hydrogen) atoms. The number of rotatable bonds is 5. The van der Waals surface area contributed by atoms with E-state index in [9.17, 15) is 20.1 Å². The summed E-state index contributed by atoms with van der Waals surface area (Å²) in [6, 6.07) is 0. The smallest absolute Gasteiger partial charge is 0.330 e. The Morgan fingerprint density at radius 1 is 1.20 bits per heavy atom. The van der Waals surface area contributed by atoms with Gasteiger partial charge in [0.25, 0.3) is 0 Å². The maximum atomic E-state index is 11.3. The van der Waals surface area contributed by atoms with Crippen molar-refractivity contribution >= 4 is 5.97 Å². The van der Waals surface area contributed by atoms with Gasteiger partial charge in [-0.3, -0.25) is 0 Å². The third kappa shape index (κ3) is 4.26. The highest BCUT2D eigenvalue weighted by atomic mass is 16.5. The van der Waals surface area contributed by atoms with E-state index in [1.807, 2.05) is 0 Å². The van der Waals surface area contributed by atoms with Crippen molar-refractivity contribution in [1.29, 1.82) is 0 Å². The van der Waals surface area contributed by atoms with Gasteiger partial charge < -0.3 is 29.9 Å². The van der Waals surface area contributed by atoms with Gasteiger partial charge in [-0.25, -0.2) is 4.79 Å². The van der Waals surface area contributed by atoms with Gasteiger partial charge in [-0.15, -0.1) is 0 Å². The normalized spacial score (nSPS) is 34.9. The van der Waals surface area contributed by atoms with E-state index < -0.39 is 43.1 Å². The minimum atomic E-state index is -1.40. The molecular formula is C13H22O7. The third-order valence-corrected chi connectivity index (χ3v) is 3.17. The molecule has 0 saturated carbocycles. The molecule has 0 aromatic heterocycles. The summed E-state index contributed by atoms with van der Waals surface area (Å²) in [5.74, 6) is -0.491. The summed E-state index contributed by atoms with van der Waals surface area (Å²) in [6.45, 7) is 3.15. The second kappa shape index (κ2) is 7.70. The Labute approximate surface area is 117 Å². The fourth-order valence-electron chi connectivity index (χ4n) is 2.11. The van der Waals surface area contributed by atoms with Crippen molar-refractivity contribution in [2.75, 3.05) is 13.2 Å². The summed E-state index contributed by atoms with van der Waals surface area (Å²) in [5.41, 5.74) is 0.604. The van der Waals surface area contributed by atoms with Crippen LogP contribution in [0, 0.1) is 0 Å². The number of carbonyl (C=O) groups excluding carboxylic acids is 1. The molecule has 5 atom stereocenters. The van der Waals surface area contributed by atoms with E-state index in [2.05, 4.69) is 0 Å². The summed E-state index contributed by atoms with van der Waals surface area (Å²) in [7, 11) is 0. The van der Waals surface area contributed by atoms with Gasteiger partial charge in [0.1, 0.15) is 24.4 Å². The van der Waals surface area contributed by atoms with Crippen molar-refractivity contribution in [3.8, 4) is 0 Å². The molecule has 0 unspecified atom stereocenters. The van der Waals surface area contributed by atoms with Crippen LogP contribution < -0.4 is 0 Å². The first-order valence-electron chi connectivity index (χ1n) is 6.55. The molecule has 0 aromatic rings. The number of esters is 1. The zero-order valence-corrected chi connectivity index (χ0v) is 11.6. The number of ether oxygens (including phenoxy) is 2. The van der Waals surface area contributed by atoms with Crippen LogP contribution in [0.2, 0.25) is 0 Å². The van der Waals surface area contributed by atoms with Crippen LogP contribution in [-0.2, 0) is 14.3 Å². The average molecular weight is 290 g/mol. The second-order valence-corrected chi connectivity index (χ2v) is 4.81. The topological polar surface area (TPSA) is 116 Å². The van der Waals surface area contributed by atoms with Gasteiger partial charge in [-0.2, -0.15) is 0 Å². The van der Waals surface area contributed by atoms with Crippen LogP contribution in [0.5, 0.6) is 0 Å². The van der Waals surface area contributed by atoms with Crippen molar-refractivity contribution < 1.29 is 34.7 Å². The Balaban J connectivity index is 2.68. The van der Waals surface area contributed by atoms with Gasteiger partial charge >= 0.3 is 5.97 Å². The Morgan fingerprint density at radius 2 is 1.80 bits per heavy atom. The first kappa shape index (κ1) is 17.1. The van der Waals surface area contributed by atoms with Crippen LogP contribution >= 0.6 is 0 Å². The van der Waals surface area contributed by atoms with Gasteiger partial charge in [0.15, 0.2) is 0 Å². The second-order valence-electron chi connectivity index (χ2n) is 4.81. The van der Waals surface area contributed by atoms with Crippen molar-refractivity contribution in [3.05, 3.63) is 11.6 Å². The van der Waals surface area contributed by atoms with Crippen LogP contribution in [-0.4, -0.2) is 70.1 Å². The maximum Gasteiger partial charge on any atom is 0.330 e. The van der Waals surface area contributed by atoms with E-state index in [1.165, 1.54) is 6.08 Å². The highest BCUT2D eigenvalue weighted by molar-refractivity contribution is 5.82. The first-order valence-corrected chi connectivity index (χ1v) is 6.55. The first-order chi connectivity index (χ1) is 9.40.